The summed E-state index contributed by atoms with van der Waals surface area (Å²) < 4.78 is 1.17. The number of thiazole rings is 1. The van der Waals surface area contributed by atoms with E-state index in [2.05, 4.69) is 39.1 Å². The predicted molar refractivity (Wildman–Crippen MR) is 99.8 cm³/mol. The fourth-order valence-electron chi connectivity index (χ4n) is 2.34. The van der Waals surface area contributed by atoms with Gasteiger partial charge in [0.05, 0.1) is 22.3 Å². The molecule has 3 rings (SSSR count). The summed E-state index contributed by atoms with van der Waals surface area (Å²) in [6, 6.07) is 13.4. The second-order valence-corrected chi connectivity index (χ2v) is 6.33. The van der Waals surface area contributed by atoms with Gasteiger partial charge in [-0.25, -0.2) is 4.98 Å². The summed E-state index contributed by atoms with van der Waals surface area (Å²) in [4.78, 5) is 27.6. The maximum atomic E-state index is 12.1. The first-order valence-electron chi connectivity index (χ1n) is 7.80. The van der Waals surface area contributed by atoms with E-state index >= 15 is 0 Å². The maximum absolute atomic E-state index is 12.1. The lowest BCUT2D eigenvalue weighted by Gasteiger charge is -2.09. The van der Waals surface area contributed by atoms with Crippen molar-refractivity contribution in [1.29, 1.82) is 0 Å². The minimum absolute atomic E-state index is 0.0410. The number of hydrogen-bond acceptors (Lipinski definition) is 5. The number of rotatable bonds is 6. The normalized spacial score (nSPS) is 10.4. The molecule has 0 spiro atoms. The Hall–Kier alpha value is -2.93. The van der Waals surface area contributed by atoms with E-state index in [1.165, 1.54) is 11.7 Å². The highest BCUT2D eigenvalue weighted by Crippen LogP contribution is 2.20. The van der Waals surface area contributed by atoms with Gasteiger partial charge in [-0.15, -0.1) is 11.3 Å². The van der Waals surface area contributed by atoms with Gasteiger partial charge in [0, 0.05) is 24.8 Å². The lowest BCUT2D eigenvalue weighted by Crippen LogP contribution is -2.35. The monoisotopic (exact) mass is 354 g/mol. The van der Waals surface area contributed by atoms with Gasteiger partial charge >= 0.3 is 0 Å². The summed E-state index contributed by atoms with van der Waals surface area (Å²) in [7, 11) is 1.53. The number of anilines is 1. The molecule has 0 aliphatic carbocycles. The SMILES string of the molecule is CNC(=O)CNC(=O)c1cccc(NCc2ccc3scnc3c2)c1. The molecule has 128 valence electrons. The molecule has 0 atom stereocenters. The van der Waals surface area contributed by atoms with Gasteiger partial charge in [-0.05, 0) is 35.9 Å². The second kappa shape index (κ2) is 7.76. The standard InChI is InChI=1S/C18H18N4O2S/c1-19-17(23)10-21-18(24)13-3-2-4-14(8-13)20-9-12-5-6-16-15(7-12)22-11-25-16/h2-8,11,20H,9-10H2,1H3,(H,19,23)(H,21,24). The zero-order chi connectivity index (χ0) is 17.6. The molecule has 0 bridgehead atoms. The molecule has 0 aliphatic rings. The molecule has 1 aromatic heterocycles. The van der Waals surface area contributed by atoms with Crippen molar-refractivity contribution in [3.8, 4) is 0 Å². The van der Waals surface area contributed by atoms with Crippen molar-refractivity contribution >= 4 is 39.1 Å². The van der Waals surface area contributed by atoms with Crippen LogP contribution in [0, 0.1) is 0 Å². The molecule has 2 aromatic carbocycles. The number of carbonyl (C=O) groups is 2. The quantitative estimate of drug-likeness (QED) is 0.635. The molecule has 0 radical (unpaired) electrons. The van der Waals surface area contributed by atoms with Crippen molar-refractivity contribution in [2.45, 2.75) is 6.54 Å². The van der Waals surface area contributed by atoms with Gasteiger partial charge in [0.1, 0.15) is 0 Å². The van der Waals surface area contributed by atoms with E-state index in [-0.39, 0.29) is 18.4 Å². The Balaban J connectivity index is 1.62. The lowest BCUT2D eigenvalue weighted by atomic mass is 10.1. The number of aromatic nitrogens is 1. The Kier molecular flexibility index (Phi) is 5.25. The first kappa shape index (κ1) is 16.9. The largest absolute Gasteiger partial charge is 0.381 e. The van der Waals surface area contributed by atoms with E-state index < -0.39 is 0 Å². The van der Waals surface area contributed by atoms with E-state index in [1.54, 1.807) is 29.5 Å². The molecule has 2 amide bonds. The van der Waals surface area contributed by atoms with Crippen LogP contribution in [-0.2, 0) is 11.3 Å². The average molecular weight is 354 g/mol. The molecule has 0 unspecified atom stereocenters. The third-order valence-corrected chi connectivity index (χ3v) is 4.51. The van der Waals surface area contributed by atoms with Gasteiger partial charge in [0.25, 0.3) is 5.91 Å². The van der Waals surface area contributed by atoms with Crippen molar-refractivity contribution < 1.29 is 9.59 Å². The average Bonchev–Trinajstić information content (AvgIpc) is 3.12. The number of likely N-dealkylation sites (N-methyl/N-ethyl adjacent to an activating group) is 1. The zero-order valence-corrected chi connectivity index (χ0v) is 14.5. The van der Waals surface area contributed by atoms with Crippen LogP contribution in [0.4, 0.5) is 5.69 Å². The fourth-order valence-corrected chi connectivity index (χ4v) is 3.00. The van der Waals surface area contributed by atoms with E-state index in [9.17, 15) is 9.59 Å². The Morgan fingerprint density at radius 1 is 1.16 bits per heavy atom. The highest BCUT2D eigenvalue weighted by atomic mass is 32.1. The molecule has 3 aromatic rings. The third-order valence-electron chi connectivity index (χ3n) is 3.70. The van der Waals surface area contributed by atoms with Gasteiger partial charge in [-0.2, -0.15) is 0 Å². The molecular weight excluding hydrogens is 336 g/mol. The summed E-state index contributed by atoms with van der Waals surface area (Å²) in [5, 5.41) is 8.35. The minimum atomic E-state index is -0.281. The van der Waals surface area contributed by atoms with Crippen LogP contribution in [0.25, 0.3) is 10.2 Å². The van der Waals surface area contributed by atoms with Crippen molar-refractivity contribution in [3.05, 3.63) is 59.1 Å². The third kappa shape index (κ3) is 4.33. The summed E-state index contributed by atoms with van der Waals surface area (Å²) >= 11 is 1.62. The minimum Gasteiger partial charge on any atom is -0.381 e. The summed E-state index contributed by atoms with van der Waals surface area (Å²) in [5.41, 5.74) is 5.29. The molecule has 0 saturated carbocycles. The number of nitrogens with one attached hydrogen (secondary N) is 3. The maximum Gasteiger partial charge on any atom is 0.251 e. The highest BCUT2D eigenvalue weighted by molar-refractivity contribution is 7.16. The Morgan fingerprint density at radius 2 is 2.04 bits per heavy atom. The Labute approximate surface area is 149 Å². The second-order valence-electron chi connectivity index (χ2n) is 5.44. The fraction of sp³-hybridized carbons (Fsp3) is 0.167. The molecular formula is C18H18N4O2S. The highest BCUT2D eigenvalue weighted by Gasteiger charge is 2.08. The molecule has 1 heterocycles. The molecule has 25 heavy (non-hydrogen) atoms. The van der Waals surface area contributed by atoms with Crippen LogP contribution in [0.1, 0.15) is 15.9 Å². The number of carbonyl (C=O) groups excluding carboxylic acids is 2. The first-order chi connectivity index (χ1) is 12.2. The van der Waals surface area contributed by atoms with Crippen LogP contribution in [0.5, 0.6) is 0 Å². The lowest BCUT2D eigenvalue weighted by molar-refractivity contribution is -0.119. The van der Waals surface area contributed by atoms with E-state index in [0.29, 0.717) is 12.1 Å². The van der Waals surface area contributed by atoms with Gasteiger partial charge < -0.3 is 16.0 Å². The van der Waals surface area contributed by atoms with Crippen LogP contribution in [-0.4, -0.2) is 30.4 Å². The van der Waals surface area contributed by atoms with E-state index in [0.717, 1.165) is 16.8 Å². The van der Waals surface area contributed by atoms with Crippen LogP contribution < -0.4 is 16.0 Å². The predicted octanol–water partition coefficient (Wildman–Crippen LogP) is 2.38. The number of fused-ring (bicyclic) bond motifs is 1. The van der Waals surface area contributed by atoms with Gasteiger partial charge in [0.2, 0.25) is 5.91 Å². The van der Waals surface area contributed by atoms with Crippen LogP contribution in [0.15, 0.2) is 48.0 Å². The van der Waals surface area contributed by atoms with E-state index in [4.69, 9.17) is 0 Å². The van der Waals surface area contributed by atoms with Crippen molar-refractivity contribution in [2.24, 2.45) is 0 Å². The molecule has 0 aliphatic heterocycles. The Morgan fingerprint density at radius 3 is 2.88 bits per heavy atom. The smallest absolute Gasteiger partial charge is 0.251 e. The Bertz CT molecular complexity index is 907. The van der Waals surface area contributed by atoms with Crippen LogP contribution in [0.2, 0.25) is 0 Å². The van der Waals surface area contributed by atoms with Crippen molar-refractivity contribution in [2.75, 3.05) is 18.9 Å². The molecule has 7 heteroatoms. The van der Waals surface area contributed by atoms with Crippen LogP contribution in [0.3, 0.4) is 0 Å². The summed E-state index contributed by atoms with van der Waals surface area (Å²) in [6.45, 7) is 0.595. The topological polar surface area (TPSA) is 83.1 Å². The number of amides is 2. The van der Waals surface area contributed by atoms with E-state index in [1.807, 2.05) is 11.6 Å². The van der Waals surface area contributed by atoms with Crippen LogP contribution >= 0.6 is 11.3 Å². The van der Waals surface area contributed by atoms with Crippen molar-refractivity contribution in [1.82, 2.24) is 15.6 Å². The number of benzene rings is 2. The van der Waals surface area contributed by atoms with Gasteiger partial charge in [-0.3, -0.25) is 9.59 Å². The number of hydrogen-bond donors (Lipinski definition) is 3. The molecule has 0 saturated heterocycles. The van der Waals surface area contributed by atoms with Crippen molar-refractivity contribution in [3.63, 3.8) is 0 Å². The van der Waals surface area contributed by atoms with Gasteiger partial charge in [-0.1, -0.05) is 12.1 Å². The zero-order valence-electron chi connectivity index (χ0n) is 13.7. The number of nitrogens with zero attached hydrogens (tertiary/aromatic N) is 1. The van der Waals surface area contributed by atoms with Gasteiger partial charge in [0.15, 0.2) is 0 Å². The summed E-state index contributed by atoms with van der Waals surface area (Å²) in [6.07, 6.45) is 0. The molecule has 6 nitrogen and oxygen atoms in total. The molecule has 3 N–H and O–H groups in total. The molecule has 0 fully saturated rings. The first-order valence-corrected chi connectivity index (χ1v) is 8.68. The summed E-state index contributed by atoms with van der Waals surface area (Å²) in [5.74, 6) is -0.517.